The van der Waals surface area contributed by atoms with Crippen LogP contribution in [-0.2, 0) is 26.4 Å². The first kappa shape index (κ1) is 31.6. The minimum Gasteiger partial charge on any atom is -0.454 e. The van der Waals surface area contributed by atoms with E-state index in [4.69, 9.17) is 14.7 Å². The molecule has 0 spiro atoms. The predicted octanol–water partition coefficient (Wildman–Crippen LogP) is 10.9. The average Bonchev–Trinajstić information content (AvgIpc) is 2.81. The van der Waals surface area contributed by atoms with Gasteiger partial charge >= 0.3 is 0 Å². The number of hydrogen-bond donors (Lipinski definition) is 0. The minimum absolute atomic E-state index is 0.0261. The summed E-state index contributed by atoms with van der Waals surface area (Å²) in [6.45, 7) is 31.1. The molecule has 3 heteroatoms. The van der Waals surface area contributed by atoms with Crippen LogP contribution >= 0.6 is 0 Å². The Morgan fingerprint density at radius 1 is 0.525 bits per heavy atom. The summed E-state index contributed by atoms with van der Waals surface area (Å²) < 4.78 is 6.52. The first-order chi connectivity index (χ1) is 18.2. The van der Waals surface area contributed by atoms with Gasteiger partial charge in [-0.2, -0.15) is 0 Å². The molecule has 0 aromatic heterocycles. The number of rotatable bonds is 4. The highest BCUT2D eigenvalue weighted by molar-refractivity contribution is 6.03. The van der Waals surface area contributed by atoms with E-state index in [2.05, 4.69) is 145 Å². The fraction of sp³-hybridized carbons (Fsp3) is 0.514. The maximum Gasteiger partial charge on any atom is 0.145 e. The zero-order chi connectivity index (χ0) is 30.3. The first-order valence-electron chi connectivity index (χ1n) is 14.7. The normalized spacial score (nSPS) is 15.9. The molecule has 3 rings (SSSR count). The molecule has 1 aliphatic heterocycles. The number of nitrogens with zero attached hydrogens (tertiary/aromatic N) is 2. The summed E-state index contributed by atoms with van der Waals surface area (Å²) in [6, 6.07) is 13.2. The van der Waals surface area contributed by atoms with Gasteiger partial charge in [0.05, 0.1) is 22.8 Å². The zero-order valence-electron chi connectivity index (χ0n) is 27.6. The molecule has 1 aliphatic rings. The molecule has 0 radical (unpaired) electrons. The Kier molecular flexibility index (Phi) is 8.80. The summed E-state index contributed by atoms with van der Waals surface area (Å²) in [5.74, 6) is 1.60. The molecule has 0 bridgehead atoms. The lowest BCUT2D eigenvalue weighted by Gasteiger charge is -2.29. The zero-order valence-corrected chi connectivity index (χ0v) is 27.6. The Balaban J connectivity index is 2.04. The van der Waals surface area contributed by atoms with Crippen molar-refractivity contribution < 1.29 is 4.74 Å². The minimum atomic E-state index is -0.0261. The summed E-state index contributed by atoms with van der Waals surface area (Å²) in [7, 11) is 0. The molecule has 0 atom stereocenters. The molecule has 0 N–H and O–H groups in total. The van der Waals surface area contributed by atoms with Crippen molar-refractivity contribution in [3.63, 3.8) is 0 Å². The van der Waals surface area contributed by atoms with E-state index in [0.29, 0.717) is 0 Å². The first-order valence-corrected chi connectivity index (χ1v) is 14.7. The second-order valence-corrected chi connectivity index (χ2v) is 15.3. The van der Waals surface area contributed by atoms with Crippen molar-refractivity contribution in [3.05, 3.63) is 82.3 Å². The van der Waals surface area contributed by atoms with Gasteiger partial charge in [-0.1, -0.05) is 119 Å². The molecule has 0 unspecified atom stereocenters. The van der Waals surface area contributed by atoms with E-state index < -0.39 is 0 Å². The van der Waals surface area contributed by atoms with Crippen molar-refractivity contribution >= 4 is 22.8 Å². The fourth-order valence-electron chi connectivity index (χ4n) is 5.11. The molecule has 2 aromatic carbocycles. The van der Waals surface area contributed by atoms with Crippen LogP contribution in [0.15, 0.2) is 70.1 Å². The molecule has 2 aromatic rings. The van der Waals surface area contributed by atoms with Gasteiger partial charge in [0.25, 0.3) is 0 Å². The third-order valence-corrected chi connectivity index (χ3v) is 7.40. The molecule has 3 nitrogen and oxygen atoms in total. The van der Waals surface area contributed by atoms with Gasteiger partial charge < -0.3 is 4.74 Å². The lowest BCUT2D eigenvalue weighted by molar-refractivity contribution is 0.343. The van der Waals surface area contributed by atoms with Gasteiger partial charge in [-0.3, -0.25) is 0 Å². The van der Waals surface area contributed by atoms with Crippen LogP contribution in [-0.4, -0.2) is 11.4 Å². The Hall–Kier alpha value is -2.94. The van der Waals surface area contributed by atoms with Crippen molar-refractivity contribution in [1.29, 1.82) is 0 Å². The molecule has 0 saturated heterocycles. The Bertz CT molecular complexity index is 1200. The number of para-hydroxylation sites is 2. The lowest BCUT2D eigenvalue weighted by Crippen LogP contribution is -2.18. The van der Waals surface area contributed by atoms with Crippen LogP contribution in [0.2, 0.25) is 0 Å². The van der Waals surface area contributed by atoms with Crippen LogP contribution < -0.4 is 0 Å². The summed E-state index contributed by atoms with van der Waals surface area (Å²) in [4.78, 5) is 10.5. The number of ether oxygens (including phenoxy) is 1. The van der Waals surface area contributed by atoms with Crippen LogP contribution in [0.1, 0.15) is 126 Å². The van der Waals surface area contributed by atoms with Crippen molar-refractivity contribution in [2.75, 3.05) is 0 Å². The monoisotopic (exact) mass is 540 g/mol. The van der Waals surface area contributed by atoms with E-state index in [0.717, 1.165) is 40.7 Å². The molecular formula is C37H52N2O. The molecule has 0 fully saturated rings. The van der Waals surface area contributed by atoms with Gasteiger partial charge in [0.15, 0.2) is 0 Å². The van der Waals surface area contributed by atoms with Crippen LogP contribution in [0.4, 0.5) is 11.4 Å². The Morgan fingerprint density at radius 2 is 0.800 bits per heavy atom. The number of aliphatic imine (C=N–C) groups is 2. The smallest absolute Gasteiger partial charge is 0.145 e. The highest BCUT2D eigenvalue weighted by atomic mass is 16.5. The van der Waals surface area contributed by atoms with Crippen LogP contribution in [0.5, 0.6) is 0 Å². The van der Waals surface area contributed by atoms with Crippen LogP contribution in [0, 0.1) is 0 Å². The summed E-state index contributed by atoms with van der Waals surface area (Å²) >= 11 is 0. The number of benzene rings is 2. The molecule has 0 amide bonds. The molecule has 216 valence electrons. The van der Waals surface area contributed by atoms with Gasteiger partial charge in [-0.05, 0) is 76.3 Å². The van der Waals surface area contributed by atoms with Crippen LogP contribution in [0.3, 0.4) is 0 Å². The summed E-state index contributed by atoms with van der Waals surface area (Å²) in [5, 5.41) is 0. The number of allylic oxidation sites excluding steroid dienone is 4. The molecule has 0 saturated carbocycles. The second kappa shape index (κ2) is 11.1. The standard InChI is InChI=1S/C37H52N2O/c1-24(38-32-26(34(3,4)5)18-15-19-27(32)35(6,7)8)30-22-17-23-31(40-30)25(2)39-33-28(36(9,10)11)20-16-21-29(33)37(12,13)14/h15-16,18-23H,17H2,1-14H3/b38-24+,39-25+. The van der Waals surface area contributed by atoms with E-state index in [9.17, 15) is 0 Å². The predicted molar refractivity (Wildman–Crippen MR) is 175 cm³/mol. The van der Waals surface area contributed by atoms with Crippen LogP contribution in [0.25, 0.3) is 0 Å². The highest BCUT2D eigenvalue weighted by Gasteiger charge is 2.27. The molecule has 0 aliphatic carbocycles. The second-order valence-electron chi connectivity index (χ2n) is 15.3. The fourth-order valence-corrected chi connectivity index (χ4v) is 5.11. The van der Waals surface area contributed by atoms with E-state index in [1.54, 1.807) is 0 Å². The third-order valence-electron chi connectivity index (χ3n) is 7.40. The van der Waals surface area contributed by atoms with Gasteiger partial charge in [0.1, 0.15) is 11.5 Å². The van der Waals surface area contributed by atoms with Crippen molar-refractivity contribution in [2.45, 2.75) is 125 Å². The summed E-state index contributed by atoms with van der Waals surface area (Å²) in [5.41, 5.74) is 8.76. The van der Waals surface area contributed by atoms with E-state index in [1.807, 2.05) is 0 Å². The quantitative estimate of drug-likeness (QED) is 0.355. The van der Waals surface area contributed by atoms with Gasteiger partial charge in [0, 0.05) is 0 Å². The molecule has 40 heavy (non-hydrogen) atoms. The van der Waals surface area contributed by atoms with Gasteiger partial charge in [0.2, 0.25) is 0 Å². The van der Waals surface area contributed by atoms with E-state index in [1.165, 1.54) is 22.3 Å². The van der Waals surface area contributed by atoms with Gasteiger partial charge in [-0.15, -0.1) is 0 Å². The SMILES string of the molecule is C/C(=N\c1c(C(C)(C)C)cccc1C(C)(C)C)C1=CCC=C(/C(C)=N/c2c(C(C)(C)C)cccc2C(C)(C)C)O1. The molecular weight excluding hydrogens is 488 g/mol. The molecule has 1 heterocycles. The van der Waals surface area contributed by atoms with E-state index >= 15 is 0 Å². The van der Waals surface area contributed by atoms with Gasteiger partial charge in [-0.25, -0.2) is 9.98 Å². The average molecular weight is 541 g/mol. The number of hydrogen-bond acceptors (Lipinski definition) is 3. The van der Waals surface area contributed by atoms with Crippen molar-refractivity contribution in [1.82, 2.24) is 0 Å². The third kappa shape index (κ3) is 7.22. The highest BCUT2D eigenvalue weighted by Crippen LogP contribution is 2.42. The Labute approximate surface area is 244 Å². The largest absolute Gasteiger partial charge is 0.454 e. The van der Waals surface area contributed by atoms with Crippen molar-refractivity contribution in [3.8, 4) is 0 Å². The maximum atomic E-state index is 6.52. The van der Waals surface area contributed by atoms with E-state index in [-0.39, 0.29) is 21.7 Å². The maximum absolute atomic E-state index is 6.52. The topological polar surface area (TPSA) is 34.0 Å². The van der Waals surface area contributed by atoms with Crippen molar-refractivity contribution in [2.24, 2.45) is 9.98 Å². The lowest BCUT2D eigenvalue weighted by atomic mass is 9.79. The summed E-state index contributed by atoms with van der Waals surface area (Å²) in [6.07, 6.45) is 5.02. The Morgan fingerprint density at radius 3 is 1.05 bits per heavy atom.